The highest BCUT2D eigenvalue weighted by Crippen LogP contribution is 2.15. The third kappa shape index (κ3) is 5.38. The van der Waals surface area contributed by atoms with Gasteiger partial charge in [-0.1, -0.05) is 22.7 Å². The van der Waals surface area contributed by atoms with Gasteiger partial charge in [0.15, 0.2) is 9.84 Å². The van der Waals surface area contributed by atoms with Gasteiger partial charge < -0.3 is 5.32 Å². The summed E-state index contributed by atoms with van der Waals surface area (Å²) in [6.45, 7) is 0.178. The lowest BCUT2D eigenvalue weighted by Crippen LogP contribution is -2.27. The fourth-order valence-corrected chi connectivity index (χ4v) is 4.64. The van der Waals surface area contributed by atoms with Crippen LogP contribution in [0.4, 0.5) is 0 Å². The third-order valence-electron chi connectivity index (χ3n) is 3.99. The fraction of sp³-hybridized carbons (Fsp3) is 0.278. The normalized spacial score (nSPS) is 12.1. The summed E-state index contributed by atoms with van der Waals surface area (Å²) in [5.41, 5.74) is 0.268. The SMILES string of the molecule is CON(C)S(=O)(=O)c1ccc(C(=O)NCCCS(=O)(=O)c2ccccc2)cc1. The lowest BCUT2D eigenvalue weighted by Gasteiger charge is -2.14. The Labute approximate surface area is 165 Å². The van der Waals surface area contributed by atoms with Gasteiger partial charge in [0, 0.05) is 19.2 Å². The van der Waals surface area contributed by atoms with Crippen LogP contribution < -0.4 is 5.32 Å². The molecule has 2 rings (SSSR count). The van der Waals surface area contributed by atoms with Gasteiger partial charge in [0.1, 0.15) is 0 Å². The lowest BCUT2D eigenvalue weighted by molar-refractivity contribution is -0.0258. The van der Waals surface area contributed by atoms with Gasteiger partial charge in [-0.15, -0.1) is 0 Å². The van der Waals surface area contributed by atoms with Gasteiger partial charge in [-0.25, -0.2) is 16.8 Å². The summed E-state index contributed by atoms with van der Waals surface area (Å²) in [5.74, 6) is -0.501. The number of sulfonamides is 1. The van der Waals surface area contributed by atoms with Gasteiger partial charge in [0.05, 0.1) is 22.7 Å². The lowest BCUT2D eigenvalue weighted by atomic mass is 10.2. The molecule has 0 aliphatic rings. The Bertz CT molecular complexity index is 1000. The number of nitrogens with zero attached hydrogens (tertiary/aromatic N) is 1. The van der Waals surface area contributed by atoms with E-state index in [2.05, 4.69) is 10.2 Å². The second-order valence-electron chi connectivity index (χ2n) is 5.86. The van der Waals surface area contributed by atoms with Crippen LogP contribution >= 0.6 is 0 Å². The summed E-state index contributed by atoms with van der Waals surface area (Å²) in [5, 5.41) is 2.63. The number of sulfone groups is 1. The van der Waals surface area contributed by atoms with E-state index in [-0.39, 0.29) is 34.1 Å². The zero-order chi connectivity index (χ0) is 20.8. The molecule has 0 aromatic heterocycles. The Morgan fingerprint density at radius 2 is 1.57 bits per heavy atom. The van der Waals surface area contributed by atoms with E-state index < -0.39 is 25.8 Å². The predicted octanol–water partition coefficient (Wildman–Crippen LogP) is 1.46. The average molecular weight is 427 g/mol. The molecule has 0 fully saturated rings. The van der Waals surface area contributed by atoms with Crippen molar-refractivity contribution >= 4 is 25.8 Å². The van der Waals surface area contributed by atoms with Crippen LogP contribution in [-0.4, -0.2) is 53.7 Å². The highest BCUT2D eigenvalue weighted by atomic mass is 32.2. The molecule has 0 saturated carbocycles. The van der Waals surface area contributed by atoms with Crippen molar-refractivity contribution in [2.24, 2.45) is 0 Å². The molecule has 0 atom stereocenters. The Balaban J connectivity index is 1.90. The van der Waals surface area contributed by atoms with Crippen molar-refractivity contribution < 1.29 is 26.5 Å². The van der Waals surface area contributed by atoms with Crippen molar-refractivity contribution in [3.05, 3.63) is 60.2 Å². The van der Waals surface area contributed by atoms with Crippen LogP contribution in [0.3, 0.4) is 0 Å². The molecule has 1 N–H and O–H groups in total. The molecule has 0 heterocycles. The van der Waals surface area contributed by atoms with Crippen molar-refractivity contribution in [3.63, 3.8) is 0 Å². The number of hydrogen-bond donors (Lipinski definition) is 1. The topological polar surface area (TPSA) is 110 Å². The molecule has 28 heavy (non-hydrogen) atoms. The van der Waals surface area contributed by atoms with Crippen LogP contribution in [0.5, 0.6) is 0 Å². The molecule has 0 spiro atoms. The molecule has 2 aromatic carbocycles. The number of hydrogen-bond acceptors (Lipinski definition) is 6. The monoisotopic (exact) mass is 426 g/mol. The Morgan fingerprint density at radius 3 is 2.14 bits per heavy atom. The fourth-order valence-electron chi connectivity index (χ4n) is 2.34. The van der Waals surface area contributed by atoms with Crippen molar-refractivity contribution in [2.75, 3.05) is 26.5 Å². The van der Waals surface area contributed by atoms with E-state index in [1.807, 2.05) is 0 Å². The summed E-state index contributed by atoms with van der Waals surface area (Å²) in [7, 11) is -4.68. The zero-order valence-electron chi connectivity index (χ0n) is 15.5. The molecule has 0 bridgehead atoms. The maximum absolute atomic E-state index is 12.2. The molecule has 2 aromatic rings. The van der Waals surface area contributed by atoms with E-state index in [0.717, 1.165) is 4.47 Å². The van der Waals surface area contributed by atoms with Crippen LogP contribution in [0.15, 0.2) is 64.4 Å². The minimum Gasteiger partial charge on any atom is -0.352 e. The first-order chi connectivity index (χ1) is 13.2. The molecule has 8 nitrogen and oxygen atoms in total. The molecule has 152 valence electrons. The first-order valence-electron chi connectivity index (χ1n) is 8.37. The minimum atomic E-state index is -3.78. The zero-order valence-corrected chi connectivity index (χ0v) is 17.2. The standard InChI is InChI=1S/C18H22N2O6S2/c1-20(26-2)28(24,25)17-11-9-15(10-12-17)18(21)19-13-6-14-27(22,23)16-7-4-3-5-8-16/h3-5,7-12H,6,13-14H2,1-2H3,(H,19,21). The molecule has 0 aliphatic heterocycles. The van der Waals surface area contributed by atoms with E-state index >= 15 is 0 Å². The number of hydroxylamine groups is 1. The molecular formula is C18H22N2O6S2. The molecule has 0 radical (unpaired) electrons. The van der Waals surface area contributed by atoms with Crippen LogP contribution in [0.1, 0.15) is 16.8 Å². The number of carbonyl (C=O) groups excluding carboxylic acids is 1. The number of carbonyl (C=O) groups is 1. The Morgan fingerprint density at radius 1 is 0.964 bits per heavy atom. The second-order valence-corrected chi connectivity index (χ2v) is 9.91. The van der Waals surface area contributed by atoms with Gasteiger partial charge in [0.25, 0.3) is 15.9 Å². The van der Waals surface area contributed by atoms with Gasteiger partial charge in [-0.3, -0.25) is 9.63 Å². The molecule has 1 amide bonds. The van der Waals surface area contributed by atoms with Crippen LogP contribution in [0.25, 0.3) is 0 Å². The number of rotatable bonds is 9. The van der Waals surface area contributed by atoms with Crippen LogP contribution in [0, 0.1) is 0 Å². The van der Waals surface area contributed by atoms with Gasteiger partial charge >= 0.3 is 0 Å². The number of amides is 1. The number of benzene rings is 2. The van der Waals surface area contributed by atoms with Crippen molar-refractivity contribution in [3.8, 4) is 0 Å². The highest BCUT2D eigenvalue weighted by molar-refractivity contribution is 7.91. The largest absolute Gasteiger partial charge is 0.352 e. The second kappa shape index (κ2) is 9.28. The van der Waals surface area contributed by atoms with Crippen molar-refractivity contribution in [1.82, 2.24) is 9.79 Å². The molecule has 0 aliphatic carbocycles. The number of nitrogens with one attached hydrogen (secondary N) is 1. The van der Waals surface area contributed by atoms with E-state index in [0.29, 0.717) is 0 Å². The quantitative estimate of drug-likeness (QED) is 0.480. The summed E-state index contributed by atoms with van der Waals surface area (Å²) in [4.78, 5) is 17.1. The summed E-state index contributed by atoms with van der Waals surface area (Å²) >= 11 is 0. The first kappa shape index (κ1) is 22.0. The van der Waals surface area contributed by atoms with Gasteiger partial charge in [-0.05, 0) is 42.8 Å². The maximum atomic E-state index is 12.2. The molecule has 10 heteroatoms. The maximum Gasteiger partial charge on any atom is 0.264 e. The summed E-state index contributed by atoms with van der Waals surface area (Å²) < 4.78 is 49.3. The summed E-state index contributed by atoms with van der Waals surface area (Å²) in [6, 6.07) is 13.5. The van der Waals surface area contributed by atoms with Crippen molar-refractivity contribution in [1.29, 1.82) is 0 Å². The smallest absolute Gasteiger partial charge is 0.264 e. The highest BCUT2D eigenvalue weighted by Gasteiger charge is 2.21. The van der Waals surface area contributed by atoms with Gasteiger partial charge in [0.2, 0.25) is 0 Å². The summed E-state index contributed by atoms with van der Waals surface area (Å²) in [6.07, 6.45) is 0.258. The van der Waals surface area contributed by atoms with Gasteiger partial charge in [-0.2, -0.15) is 0 Å². The predicted molar refractivity (Wildman–Crippen MR) is 104 cm³/mol. The minimum absolute atomic E-state index is 0.0117. The van der Waals surface area contributed by atoms with E-state index in [1.54, 1.807) is 18.2 Å². The molecule has 0 unspecified atom stereocenters. The third-order valence-corrected chi connectivity index (χ3v) is 7.50. The first-order valence-corrected chi connectivity index (χ1v) is 11.5. The van der Waals surface area contributed by atoms with E-state index in [4.69, 9.17) is 0 Å². The van der Waals surface area contributed by atoms with E-state index in [9.17, 15) is 21.6 Å². The average Bonchev–Trinajstić information content (AvgIpc) is 2.71. The molecular weight excluding hydrogens is 404 g/mol. The van der Waals surface area contributed by atoms with E-state index in [1.165, 1.54) is 50.6 Å². The van der Waals surface area contributed by atoms with Crippen LogP contribution in [0.2, 0.25) is 0 Å². The Hall–Kier alpha value is -2.27. The Kier molecular flexibility index (Phi) is 7.30. The van der Waals surface area contributed by atoms with Crippen molar-refractivity contribution in [2.45, 2.75) is 16.2 Å². The molecule has 0 saturated heterocycles. The van der Waals surface area contributed by atoms with Crippen LogP contribution in [-0.2, 0) is 24.7 Å².